The van der Waals surface area contributed by atoms with Gasteiger partial charge >= 0.3 is 0 Å². The topological polar surface area (TPSA) is 36.7 Å². The molecule has 0 spiro atoms. The zero-order valence-electron chi connectivity index (χ0n) is 9.44. The maximum absolute atomic E-state index is 8.89. The van der Waals surface area contributed by atoms with Crippen LogP contribution in [-0.4, -0.2) is 4.98 Å². The molecule has 2 rings (SSSR count). The van der Waals surface area contributed by atoms with Gasteiger partial charge in [0.1, 0.15) is 11.8 Å². The molecule has 1 heterocycles. The highest BCUT2D eigenvalue weighted by molar-refractivity contribution is 5.47. The SMILES string of the molecule is Cc1ccc(C#Cc2ncccc2C#N)cc1. The molecule has 0 N–H and O–H groups in total. The van der Waals surface area contributed by atoms with Crippen molar-refractivity contribution < 1.29 is 0 Å². The molecule has 0 unspecified atom stereocenters. The van der Waals surface area contributed by atoms with Gasteiger partial charge < -0.3 is 0 Å². The van der Waals surface area contributed by atoms with Gasteiger partial charge in [0, 0.05) is 11.8 Å². The molecule has 2 heteroatoms. The van der Waals surface area contributed by atoms with Crippen molar-refractivity contribution in [1.29, 1.82) is 5.26 Å². The van der Waals surface area contributed by atoms with E-state index in [2.05, 4.69) is 22.9 Å². The molecule has 1 aromatic heterocycles. The second-order valence-corrected chi connectivity index (χ2v) is 3.63. The molecule has 0 aliphatic rings. The molecule has 80 valence electrons. The van der Waals surface area contributed by atoms with E-state index in [0.29, 0.717) is 11.3 Å². The van der Waals surface area contributed by atoms with E-state index < -0.39 is 0 Å². The van der Waals surface area contributed by atoms with Gasteiger partial charge in [-0.05, 0) is 37.1 Å². The third-order valence-electron chi connectivity index (χ3n) is 2.30. The molecule has 0 aliphatic heterocycles. The largest absolute Gasteiger partial charge is 0.246 e. The molecule has 2 nitrogen and oxygen atoms in total. The van der Waals surface area contributed by atoms with E-state index in [-0.39, 0.29) is 0 Å². The second kappa shape index (κ2) is 4.96. The molecule has 0 aliphatic carbocycles. The summed E-state index contributed by atoms with van der Waals surface area (Å²) in [5.74, 6) is 5.92. The fourth-order valence-electron chi connectivity index (χ4n) is 1.36. The summed E-state index contributed by atoms with van der Waals surface area (Å²) in [7, 11) is 0. The summed E-state index contributed by atoms with van der Waals surface area (Å²) in [6.45, 7) is 2.03. The smallest absolute Gasteiger partial charge is 0.131 e. The maximum atomic E-state index is 8.89. The molecular formula is C15H10N2. The lowest BCUT2D eigenvalue weighted by Gasteiger charge is -1.93. The van der Waals surface area contributed by atoms with Gasteiger partial charge in [-0.3, -0.25) is 0 Å². The molecule has 17 heavy (non-hydrogen) atoms. The summed E-state index contributed by atoms with van der Waals surface area (Å²) < 4.78 is 0. The van der Waals surface area contributed by atoms with Gasteiger partial charge in [-0.2, -0.15) is 5.26 Å². The van der Waals surface area contributed by atoms with Crippen molar-refractivity contribution in [2.45, 2.75) is 6.92 Å². The van der Waals surface area contributed by atoms with Crippen LogP contribution in [0.5, 0.6) is 0 Å². The minimum Gasteiger partial charge on any atom is -0.246 e. The molecule has 2 aromatic rings. The first-order chi connectivity index (χ1) is 8.29. The monoisotopic (exact) mass is 218 g/mol. The Morgan fingerprint density at radius 1 is 1.06 bits per heavy atom. The van der Waals surface area contributed by atoms with Crippen molar-refractivity contribution in [3.63, 3.8) is 0 Å². The van der Waals surface area contributed by atoms with Gasteiger partial charge in [-0.25, -0.2) is 4.98 Å². The Bertz CT molecular complexity index is 622. The van der Waals surface area contributed by atoms with E-state index >= 15 is 0 Å². The van der Waals surface area contributed by atoms with Gasteiger partial charge in [0.2, 0.25) is 0 Å². The highest BCUT2D eigenvalue weighted by atomic mass is 14.7. The zero-order valence-corrected chi connectivity index (χ0v) is 9.44. The van der Waals surface area contributed by atoms with Crippen LogP contribution < -0.4 is 0 Å². The number of benzene rings is 1. The number of aryl methyl sites for hydroxylation is 1. The van der Waals surface area contributed by atoms with Crippen LogP contribution in [0.25, 0.3) is 0 Å². The first kappa shape index (κ1) is 10.9. The number of nitrogens with zero attached hydrogens (tertiary/aromatic N) is 2. The van der Waals surface area contributed by atoms with E-state index in [1.807, 2.05) is 31.2 Å². The Labute approximate surface area is 101 Å². The first-order valence-electron chi connectivity index (χ1n) is 5.23. The maximum Gasteiger partial charge on any atom is 0.131 e. The number of pyridine rings is 1. The lowest BCUT2D eigenvalue weighted by atomic mass is 10.1. The average Bonchev–Trinajstić information content (AvgIpc) is 2.38. The minimum absolute atomic E-state index is 0.507. The highest BCUT2D eigenvalue weighted by Gasteiger charge is 1.97. The molecular weight excluding hydrogens is 208 g/mol. The van der Waals surface area contributed by atoms with Gasteiger partial charge in [-0.1, -0.05) is 23.6 Å². The van der Waals surface area contributed by atoms with Crippen molar-refractivity contribution in [2.24, 2.45) is 0 Å². The van der Waals surface area contributed by atoms with Crippen LogP contribution in [-0.2, 0) is 0 Å². The number of nitriles is 1. The van der Waals surface area contributed by atoms with Crippen molar-refractivity contribution in [2.75, 3.05) is 0 Å². The molecule has 0 fully saturated rings. The van der Waals surface area contributed by atoms with E-state index in [4.69, 9.17) is 5.26 Å². The van der Waals surface area contributed by atoms with Crippen molar-refractivity contribution in [1.82, 2.24) is 4.98 Å². The van der Waals surface area contributed by atoms with E-state index in [1.165, 1.54) is 5.56 Å². The predicted molar refractivity (Wildman–Crippen MR) is 66.1 cm³/mol. The first-order valence-corrected chi connectivity index (χ1v) is 5.23. The van der Waals surface area contributed by atoms with E-state index in [9.17, 15) is 0 Å². The van der Waals surface area contributed by atoms with Crippen LogP contribution in [0.1, 0.15) is 22.4 Å². The summed E-state index contributed by atoms with van der Waals surface area (Å²) in [4.78, 5) is 4.09. The van der Waals surface area contributed by atoms with Crippen molar-refractivity contribution in [3.8, 4) is 17.9 Å². The average molecular weight is 218 g/mol. The third-order valence-corrected chi connectivity index (χ3v) is 2.30. The number of rotatable bonds is 0. The predicted octanol–water partition coefficient (Wildman–Crippen LogP) is 2.66. The van der Waals surface area contributed by atoms with E-state index in [0.717, 1.165) is 5.56 Å². The summed E-state index contributed by atoms with van der Waals surface area (Å²) in [6, 6.07) is 13.4. The normalized spacial score (nSPS) is 8.94. The van der Waals surface area contributed by atoms with Crippen LogP contribution in [0, 0.1) is 30.1 Å². The Kier molecular flexibility index (Phi) is 3.19. The van der Waals surface area contributed by atoms with Gasteiger partial charge in [0.05, 0.1) is 5.56 Å². The molecule has 1 aromatic carbocycles. The Balaban J connectivity index is 2.33. The van der Waals surface area contributed by atoms with Crippen molar-refractivity contribution in [3.05, 3.63) is 65.0 Å². The number of aromatic nitrogens is 1. The molecule has 0 bridgehead atoms. The van der Waals surface area contributed by atoms with Gasteiger partial charge in [0.25, 0.3) is 0 Å². The lowest BCUT2D eigenvalue weighted by Crippen LogP contribution is -1.87. The quantitative estimate of drug-likeness (QED) is 0.637. The third kappa shape index (κ3) is 2.71. The summed E-state index contributed by atoms with van der Waals surface area (Å²) in [5.41, 5.74) is 3.15. The van der Waals surface area contributed by atoms with E-state index in [1.54, 1.807) is 18.3 Å². The Morgan fingerprint density at radius 3 is 2.53 bits per heavy atom. The summed E-state index contributed by atoms with van der Waals surface area (Å²) >= 11 is 0. The summed E-state index contributed by atoms with van der Waals surface area (Å²) in [5, 5.41) is 8.89. The van der Waals surface area contributed by atoms with Crippen LogP contribution in [0.2, 0.25) is 0 Å². The zero-order chi connectivity index (χ0) is 12.1. The molecule has 0 atom stereocenters. The minimum atomic E-state index is 0.507. The van der Waals surface area contributed by atoms with Crippen LogP contribution in [0.3, 0.4) is 0 Å². The summed E-state index contributed by atoms with van der Waals surface area (Å²) in [6.07, 6.45) is 1.64. The molecule has 0 saturated heterocycles. The Morgan fingerprint density at radius 2 is 1.82 bits per heavy atom. The standard InChI is InChI=1S/C15H10N2/c1-12-4-6-13(7-5-12)8-9-15-14(11-16)3-2-10-17-15/h2-7,10H,1H3. The number of hydrogen-bond donors (Lipinski definition) is 0. The fourth-order valence-corrected chi connectivity index (χ4v) is 1.36. The molecule has 0 amide bonds. The fraction of sp³-hybridized carbons (Fsp3) is 0.0667. The second-order valence-electron chi connectivity index (χ2n) is 3.63. The van der Waals surface area contributed by atoms with Gasteiger partial charge in [0.15, 0.2) is 0 Å². The van der Waals surface area contributed by atoms with Gasteiger partial charge in [-0.15, -0.1) is 0 Å². The van der Waals surface area contributed by atoms with Crippen LogP contribution in [0.15, 0.2) is 42.6 Å². The molecule has 0 saturated carbocycles. The lowest BCUT2D eigenvalue weighted by molar-refractivity contribution is 1.26. The van der Waals surface area contributed by atoms with Crippen molar-refractivity contribution >= 4 is 0 Å². The molecule has 0 radical (unpaired) electrons. The van der Waals surface area contributed by atoms with Crippen LogP contribution in [0.4, 0.5) is 0 Å². The highest BCUT2D eigenvalue weighted by Crippen LogP contribution is 2.04. The van der Waals surface area contributed by atoms with Crippen LogP contribution >= 0.6 is 0 Å². The Hall–Kier alpha value is -2.58. The number of hydrogen-bond acceptors (Lipinski definition) is 2.